The minimum atomic E-state index is 1.27. The van der Waals surface area contributed by atoms with Gasteiger partial charge in [0.15, 0.2) is 0 Å². The Morgan fingerprint density at radius 1 is 0.500 bits per heavy atom. The minimum Gasteiger partial charge on any atom is -0.318 e. The summed E-state index contributed by atoms with van der Waals surface area (Å²) in [7, 11) is 2.52. The predicted octanol–water partition coefficient (Wildman–Crippen LogP) is 8.43. The first-order valence-corrected chi connectivity index (χ1v) is 13.2. The average Bonchev–Trinajstić information content (AvgIpc) is 2.64. The van der Waals surface area contributed by atoms with E-state index in [4.69, 9.17) is 0 Å². The Balaban J connectivity index is 3.78. The third-order valence-corrected chi connectivity index (χ3v) is 6.92. The Morgan fingerprint density at radius 3 is 1.19 bits per heavy atom. The van der Waals surface area contributed by atoms with Gasteiger partial charge in [-0.3, -0.25) is 0 Å². The van der Waals surface area contributed by atoms with Gasteiger partial charge in [0.25, 0.3) is 0 Å². The molecule has 0 aliphatic rings. The molecule has 0 unspecified atom stereocenters. The lowest BCUT2D eigenvalue weighted by atomic mass is 10.1. The van der Waals surface area contributed by atoms with Crippen LogP contribution in [0.25, 0.3) is 0 Å². The van der Waals surface area contributed by atoms with E-state index in [0.717, 1.165) is 0 Å². The Kier molecular flexibility index (Phi) is 20.3. The molecule has 1 nitrogen and oxygen atoms in total. The summed E-state index contributed by atoms with van der Waals surface area (Å²) in [5, 5.41) is 0. The molecule has 0 aliphatic carbocycles. The van der Waals surface area contributed by atoms with Gasteiger partial charge in [-0.05, 0) is 31.4 Å². The Labute approximate surface area is 171 Å². The standard InChI is InChI=1S/C24H52NS/c1-5-8-10-12-14-16-18-20-22-25(4,24-26-7-3)23-21-19-17-15-13-11-9-6-2/h5-24H2,1-4H3/q+1. The lowest BCUT2D eigenvalue weighted by Gasteiger charge is -2.34. The monoisotopic (exact) mass is 386 g/mol. The van der Waals surface area contributed by atoms with Crippen LogP contribution in [0.4, 0.5) is 0 Å². The van der Waals surface area contributed by atoms with E-state index in [1.807, 2.05) is 0 Å². The number of hydrogen-bond acceptors (Lipinski definition) is 1. The maximum absolute atomic E-state index is 2.52. The quantitative estimate of drug-likeness (QED) is 0.108. The van der Waals surface area contributed by atoms with Crippen molar-refractivity contribution in [1.29, 1.82) is 0 Å². The van der Waals surface area contributed by atoms with Crippen LogP contribution in [0.3, 0.4) is 0 Å². The summed E-state index contributed by atoms with van der Waals surface area (Å²) in [5.74, 6) is 2.59. The molecular weight excluding hydrogens is 334 g/mol. The fraction of sp³-hybridized carbons (Fsp3) is 1.00. The zero-order valence-corrected chi connectivity index (χ0v) is 19.8. The van der Waals surface area contributed by atoms with E-state index in [1.54, 1.807) is 0 Å². The van der Waals surface area contributed by atoms with Crippen LogP contribution in [0.5, 0.6) is 0 Å². The summed E-state index contributed by atoms with van der Waals surface area (Å²) < 4.78 is 1.31. The van der Waals surface area contributed by atoms with E-state index in [9.17, 15) is 0 Å². The van der Waals surface area contributed by atoms with E-state index >= 15 is 0 Å². The lowest BCUT2D eigenvalue weighted by Crippen LogP contribution is -2.45. The lowest BCUT2D eigenvalue weighted by molar-refractivity contribution is -0.897. The van der Waals surface area contributed by atoms with Crippen molar-refractivity contribution in [1.82, 2.24) is 0 Å². The van der Waals surface area contributed by atoms with Gasteiger partial charge in [-0.15, -0.1) is 11.8 Å². The molecule has 0 aromatic carbocycles. The average molecular weight is 387 g/mol. The van der Waals surface area contributed by atoms with Gasteiger partial charge in [0, 0.05) is 0 Å². The van der Waals surface area contributed by atoms with Gasteiger partial charge < -0.3 is 4.48 Å². The topological polar surface area (TPSA) is 0 Å². The fourth-order valence-corrected chi connectivity index (χ4v) is 4.69. The van der Waals surface area contributed by atoms with Crippen molar-refractivity contribution < 1.29 is 4.48 Å². The van der Waals surface area contributed by atoms with Gasteiger partial charge in [-0.25, -0.2) is 0 Å². The second-order valence-corrected chi connectivity index (χ2v) is 9.88. The highest BCUT2D eigenvalue weighted by Crippen LogP contribution is 2.18. The third-order valence-electron chi connectivity index (χ3n) is 5.71. The molecule has 158 valence electrons. The zero-order valence-electron chi connectivity index (χ0n) is 19.0. The molecule has 0 aliphatic heterocycles. The summed E-state index contributed by atoms with van der Waals surface area (Å²) in [6.45, 7) is 9.72. The van der Waals surface area contributed by atoms with Gasteiger partial charge in [0.1, 0.15) is 5.88 Å². The van der Waals surface area contributed by atoms with E-state index in [-0.39, 0.29) is 0 Å². The van der Waals surface area contributed by atoms with Crippen molar-refractivity contribution in [3.05, 3.63) is 0 Å². The van der Waals surface area contributed by atoms with E-state index in [1.165, 1.54) is 132 Å². The number of nitrogens with zero attached hydrogens (tertiary/aromatic N) is 1. The number of unbranched alkanes of at least 4 members (excludes halogenated alkanes) is 14. The van der Waals surface area contributed by atoms with Gasteiger partial charge in [0.2, 0.25) is 0 Å². The molecule has 0 aromatic heterocycles. The first-order chi connectivity index (χ1) is 12.7. The number of rotatable bonds is 21. The normalized spacial score (nSPS) is 12.0. The van der Waals surface area contributed by atoms with Crippen molar-refractivity contribution in [3.8, 4) is 0 Å². The molecule has 0 saturated carbocycles. The van der Waals surface area contributed by atoms with Crippen LogP contribution in [-0.4, -0.2) is 36.2 Å². The molecule has 0 aromatic rings. The molecule has 0 rings (SSSR count). The summed E-state index contributed by atoms with van der Waals surface area (Å²) in [5.41, 5.74) is 0. The Hall–Kier alpha value is 0.310. The van der Waals surface area contributed by atoms with Crippen LogP contribution in [0.1, 0.15) is 124 Å². The highest BCUT2D eigenvalue weighted by molar-refractivity contribution is 7.99. The third kappa shape index (κ3) is 17.7. The van der Waals surface area contributed by atoms with E-state index < -0.39 is 0 Å². The van der Waals surface area contributed by atoms with Crippen molar-refractivity contribution in [2.24, 2.45) is 0 Å². The van der Waals surface area contributed by atoms with Crippen molar-refractivity contribution in [3.63, 3.8) is 0 Å². The van der Waals surface area contributed by atoms with Crippen LogP contribution in [0.2, 0.25) is 0 Å². The molecule has 0 N–H and O–H groups in total. The van der Waals surface area contributed by atoms with Crippen molar-refractivity contribution >= 4 is 11.8 Å². The van der Waals surface area contributed by atoms with Crippen LogP contribution in [-0.2, 0) is 0 Å². The van der Waals surface area contributed by atoms with Crippen LogP contribution in [0.15, 0.2) is 0 Å². The summed E-state index contributed by atoms with van der Waals surface area (Å²) in [6, 6.07) is 0. The van der Waals surface area contributed by atoms with Crippen LogP contribution in [0, 0.1) is 0 Å². The van der Waals surface area contributed by atoms with E-state index in [2.05, 4.69) is 39.6 Å². The second kappa shape index (κ2) is 20.1. The maximum atomic E-state index is 2.52. The van der Waals surface area contributed by atoms with Gasteiger partial charge in [-0.1, -0.05) is 97.8 Å². The molecule has 0 bridgehead atoms. The largest absolute Gasteiger partial charge is 0.318 e. The molecule has 0 atom stereocenters. The first-order valence-electron chi connectivity index (χ1n) is 12.1. The van der Waals surface area contributed by atoms with Crippen molar-refractivity contribution in [2.75, 3.05) is 31.8 Å². The molecule has 2 heteroatoms. The summed E-state index contributed by atoms with van der Waals surface area (Å²) in [6.07, 6.45) is 23.1. The number of hydrogen-bond donors (Lipinski definition) is 0. The summed E-state index contributed by atoms with van der Waals surface area (Å²) >= 11 is 2.14. The SMILES string of the molecule is CCCCCCCCCC[N+](C)(CCCCCCCCCC)CSCC. The highest BCUT2D eigenvalue weighted by atomic mass is 32.2. The Morgan fingerprint density at radius 2 is 0.846 bits per heavy atom. The molecule has 0 heterocycles. The molecule has 26 heavy (non-hydrogen) atoms. The van der Waals surface area contributed by atoms with Gasteiger partial charge in [0.05, 0.1) is 20.1 Å². The zero-order chi connectivity index (χ0) is 19.3. The summed E-state index contributed by atoms with van der Waals surface area (Å²) in [4.78, 5) is 0. The van der Waals surface area contributed by atoms with E-state index in [0.29, 0.717) is 0 Å². The molecule has 0 fully saturated rings. The second-order valence-electron chi connectivity index (χ2n) is 8.64. The highest BCUT2D eigenvalue weighted by Gasteiger charge is 2.20. The van der Waals surface area contributed by atoms with Crippen molar-refractivity contribution in [2.45, 2.75) is 124 Å². The maximum Gasteiger partial charge on any atom is 0.125 e. The molecule has 0 saturated heterocycles. The molecule has 0 amide bonds. The van der Waals surface area contributed by atoms with Gasteiger partial charge in [-0.2, -0.15) is 0 Å². The van der Waals surface area contributed by atoms with Crippen LogP contribution < -0.4 is 0 Å². The fourth-order valence-electron chi connectivity index (χ4n) is 3.81. The smallest absolute Gasteiger partial charge is 0.125 e. The first kappa shape index (κ1) is 26.3. The number of thioether (sulfide) groups is 1. The van der Waals surface area contributed by atoms with Crippen LogP contribution >= 0.6 is 11.8 Å². The minimum absolute atomic E-state index is 1.27. The molecule has 0 radical (unpaired) electrons. The molecular formula is C24H52NS+. The van der Waals surface area contributed by atoms with Gasteiger partial charge >= 0.3 is 0 Å². The Bertz CT molecular complexity index is 247. The number of quaternary nitrogens is 1. The predicted molar refractivity (Wildman–Crippen MR) is 124 cm³/mol. The molecule has 0 spiro atoms.